The highest BCUT2D eigenvalue weighted by Crippen LogP contribution is 2.12. The summed E-state index contributed by atoms with van der Waals surface area (Å²) in [5, 5.41) is 5.60. The van der Waals surface area contributed by atoms with Crippen LogP contribution in [0.5, 0.6) is 0 Å². The van der Waals surface area contributed by atoms with Crippen LogP contribution in [-0.4, -0.2) is 17.6 Å². The number of carbonyl (C=O) groups excluding carboxylic acids is 1. The van der Waals surface area contributed by atoms with Gasteiger partial charge in [0.05, 0.1) is 12.2 Å². The normalized spacial score (nSPS) is 14.7. The second-order valence-electron chi connectivity index (χ2n) is 2.26. The van der Waals surface area contributed by atoms with Crippen LogP contribution in [0.25, 0.3) is 0 Å². The molecule has 0 saturated heterocycles. The molecular weight excluding hydrogens is 142 g/mol. The van der Waals surface area contributed by atoms with Crippen molar-refractivity contribution in [3.8, 4) is 0 Å². The van der Waals surface area contributed by atoms with E-state index in [1.54, 1.807) is 18.3 Å². The number of nitrogens with zero attached hydrogens (tertiary/aromatic N) is 1. The molecule has 1 aliphatic heterocycles. The molecular formula is C7H7N3O. The molecule has 0 spiro atoms. The fourth-order valence-electron chi connectivity index (χ4n) is 1.03. The van der Waals surface area contributed by atoms with Gasteiger partial charge in [-0.05, 0) is 12.1 Å². The lowest BCUT2D eigenvalue weighted by Crippen LogP contribution is -2.35. The van der Waals surface area contributed by atoms with Gasteiger partial charge in [-0.25, -0.2) is 4.98 Å². The van der Waals surface area contributed by atoms with Crippen LogP contribution in [0.3, 0.4) is 0 Å². The quantitative estimate of drug-likeness (QED) is 0.553. The molecule has 0 saturated carbocycles. The summed E-state index contributed by atoms with van der Waals surface area (Å²) in [6, 6.07) is 3.48. The van der Waals surface area contributed by atoms with Crippen LogP contribution in [0.15, 0.2) is 18.3 Å². The Hall–Kier alpha value is -1.58. The summed E-state index contributed by atoms with van der Waals surface area (Å²) in [5.41, 5.74) is 0.610. The Kier molecular flexibility index (Phi) is 1.25. The Bertz CT molecular complexity index is 297. The smallest absolute Gasteiger partial charge is 0.256 e. The first-order valence-electron chi connectivity index (χ1n) is 3.35. The number of rotatable bonds is 0. The third-order valence-electron chi connectivity index (χ3n) is 1.56. The number of aromatic nitrogens is 1. The van der Waals surface area contributed by atoms with E-state index in [9.17, 15) is 4.79 Å². The molecule has 4 heteroatoms. The number of fused-ring (bicyclic) bond motifs is 1. The predicted octanol–water partition coefficient (Wildman–Crippen LogP) is 0.194. The van der Waals surface area contributed by atoms with Crippen molar-refractivity contribution in [2.24, 2.45) is 0 Å². The maximum absolute atomic E-state index is 11.1. The van der Waals surface area contributed by atoms with Crippen molar-refractivity contribution < 1.29 is 4.79 Å². The lowest BCUT2D eigenvalue weighted by Gasteiger charge is -2.16. The van der Waals surface area contributed by atoms with Crippen molar-refractivity contribution in [1.82, 2.24) is 10.3 Å². The van der Waals surface area contributed by atoms with Gasteiger partial charge >= 0.3 is 0 Å². The topological polar surface area (TPSA) is 54.0 Å². The minimum Gasteiger partial charge on any atom is -0.352 e. The molecule has 0 atom stereocenters. The summed E-state index contributed by atoms with van der Waals surface area (Å²) in [6.45, 7) is 0.461. The van der Waals surface area contributed by atoms with E-state index in [1.165, 1.54) is 0 Å². The minimum absolute atomic E-state index is 0.0631. The molecule has 0 aliphatic carbocycles. The van der Waals surface area contributed by atoms with Gasteiger partial charge in [-0.15, -0.1) is 0 Å². The van der Waals surface area contributed by atoms with Gasteiger partial charge in [-0.3, -0.25) is 4.79 Å². The largest absolute Gasteiger partial charge is 0.352 e. The second kappa shape index (κ2) is 2.23. The van der Waals surface area contributed by atoms with Crippen LogP contribution in [0, 0.1) is 0 Å². The van der Waals surface area contributed by atoms with Crippen LogP contribution >= 0.6 is 0 Å². The fraction of sp³-hybridized carbons (Fsp3) is 0.143. The van der Waals surface area contributed by atoms with E-state index in [1.807, 2.05) is 0 Å². The van der Waals surface area contributed by atoms with E-state index >= 15 is 0 Å². The van der Waals surface area contributed by atoms with Crippen LogP contribution < -0.4 is 10.6 Å². The molecule has 2 heterocycles. The van der Waals surface area contributed by atoms with Gasteiger partial charge in [0, 0.05) is 6.20 Å². The average Bonchev–Trinajstić information content (AvgIpc) is 2.06. The van der Waals surface area contributed by atoms with Crippen molar-refractivity contribution in [3.63, 3.8) is 0 Å². The molecule has 1 amide bonds. The number of carbonyl (C=O) groups is 1. The van der Waals surface area contributed by atoms with Crippen molar-refractivity contribution >= 4 is 11.7 Å². The summed E-state index contributed by atoms with van der Waals surface area (Å²) in [7, 11) is 0. The first kappa shape index (κ1) is 6.15. The van der Waals surface area contributed by atoms with Gasteiger partial charge in [0.25, 0.3) is 5.91 Å². The SMILES string of the molecule is O=C1NCNc2ncccc21. The zero-order valence-corrected chi connectivity index (χ0v) is 5.79. The molecule has 0 bridgehead atoms. The van der Waals surface area contributed by atoms with Gasteiger partial charge in [0.2, 0.25) is 0 Å². The van der Waals surface area contributed by atoms with Crippen LogP contribution in [0.4, 0.5) is 5.82 Å². The molecule has 11 heavy (non-hydrogen) atoms. The molecule has 0 aromatic carbocycles. The molecule has 1 aromatic heterocycles. The van der Waals surface area contributed by atoms with Gasteiger partial charge in [0.15, 0.2) is 0 Å². The van der Waals surface area contributed by atoms with E-state index in [2.05, 4.69) is 15.6 Å². The van der Waals surface area contributed by atoms with Crippen LogP contribution in [0.1, 0.15) is 10.4 Å². The van der Waals surface area contributed by atoms with Crippen LogP contribution in [0.2, 0.25) is 0 Å². The number of hydrogen-bond acceptors (Lipinski definition) is 3. The lowest BCUT2D eigenvalue weighted by atomic mass is 10.2. The highest BCUT2D eigenvalue weighted by atomic mass is 16.1. The fourth-order valence-corrected chi connectivity index (χ4v) is 1.03. The maximum Gasteiger partial charge on any atom is 0.256 e. The molecule has 4 nitrogen and oxygen atoms in total. The summed E-state index contributed by atoms with van der Waals surface area (Å²) >= 11 is 0. The average molecular weight is 149 g/mol. The molecule has 0 radical (unpaired) electrons. The summed E-state index contributed by atoms with van der Waals surface area (Å²) in [5.74, 6) is 0.600. The molecule has 1 aromatic rings. The molecule has 2 rings (SSSR count). The first-order valence-corrected chi connectivity index (χ1v) is 3.35. The van der Waals surface area contributed by atoms with E-state index in [0.29, 0.717) is 18.1 Å². The van der Waals surface area contributed by atoms with Gasteiger partial charge in [0.1, 0.15) is 5.82 Å². The third kappa shape index (κ3) is 0.920. The molecule has 56 valence electrons. The van der Waals surface area contributed by atoms with E-state index < -0.39 is 0 Å². The molecule has 0 unspecified atom stereocenters. The van der Waals surface area contributed by atoms with E-state index in [0.717, 1.165) is 0 Å². The highest BCUT2D eigenvalue weighted by molar-refractivity contribution is 6.00. The van der Waals surface area contributed by atoms with Crippen LogP contribution in [-0.2, 0) is 0 Å². The summed E-state index contributed by atoms with van der Waals surface area (Å²) < 4.78 is 0. The Morgan fingerprint density at radius 1 is 1.45 bits per heavy atom. The van der Waals surface area contributed by atoms with Gasteiger partial charge < -0.3 is 10.6 Å². The maximum atomic E-state index is 11.1. The monoisotopic (exact) mass is 149 g/mol. The van der Waals surface area contributed by atoms with Crippen molar-refractivity contribution in [1.29, 1.82) is 0 Å². The van der Waals surface area contributed by atoms with E-state index in [4.69, 9.17) is 0 Å². The predicted molar refractivity (Wildman–Crippen MR) is 40.2 cm³/mol. The minimum atomic E-state index is -0.0631. The summed E-state index contributed by atoms with van der Waals surface area (Å²) in [6.07, 6.45) is 1.66. The zero-order valence-electron chi connectivity index (χ0n) is 5.79. The Morgan fingerprint density at radius 3 is 3.18 bits per heavy atom. The third-order valence-corrected chi connectivity index (χ3v) is 1.56. The number of pyridine rings is 1. The Labute approximate surface area is 63.6 Å². The zero-order chi connectivity index (χ0) is 7.68. The second-order valence-corrected chi connectivity index (χ2v) is 2.26. The molecule has 2 N–H and O–H groups in total. The Morgan fingerprint density at radius 2 is 2.36 bits per heavy atom. The number of nitrogens with one attached hydrogen (secondary N) is 2. The lowest BCUT2D eigenvalue weighted by molar-refractivity contribution is 0.0952. The number of hydrogen-bond donors (Lipinski definition) is 2. The Balaban J connectivity index is 2.52. The van der Waals surface area contributed by atoms with E-state index in [-0.39, 0.29) is 5.91 Å². The standard InChI is InChI=1S/C7H7N3O/c11-7-5-2-1-3-8-6(5)9-4-10-7/h1-3H,4H2,(H,8,9)(H,10,11). The first-order chi connectivity index (χ1) is 5.38. The summed E-state index contributed by atoms with van der Waals surface area (Å²) in [4.78, 5) is 15.1. The highest BCUT2D eigenvalue weighted by Gasteiger charge is 2.15. The number of amides is 1. The van der Waals surface area contributed by atoms with Gasteiger partial charge in [-0.2, -0.15) is 0 Å². The number of anilines is 1. The van der Waals surface area contributed by atoms with Crippen molar-refractivity contribution in [2.75, 3.05) is 12.0 Å². The van der Waals surface area contributed by atoms with Gasteiger partial charge in [-0.1, -0.05) is 0 Å². The molecule has 0 fully saturated rings. The van der Waals surface area contributed by atoms with Crippen molar-refractivity contribution in [3.05, 3.63) is 23.9 Å². The van der Waals surface area contributed by atoms with Crippen molar-refractivity contribution in [2.45, 2.75) is 0 Å². The molecule has 1 aliphatic rings.